The Balaban J connectivity index is 1.88. The Labute approximate surface area is 211 Å². The van der Waals surface area contributed by atoms with Gasteiger partial charge < -0.3 is 41.9 Å². The number of ketones is 2. The lowest BCUT2D eigenvalue weighted by atomic mass is 9.55. The normalized spacial score (nSPS) is 29.4. The van der Waals surface area contributed by atoms with E-state index in [0.29, 0.717) is 5.56 Å². The van der Waals surface area contributed by atoms with Crippen LogP contribution >= 0.6 is 0 Å². The number of phenolic OH excluding ortho intramolecular Hbond substituents is 1. The van der Waals surface area contributed by atoms with Crippen molar-refractivity contribution in [3.05, 3.63) is 40.2 Å². The van der Waals surface area contributed by atoms with Gasteiger partial charge in [0.05, 0.1) is 17.4 Å². The largest absolute Gasteiger partial charge is 0.508 e. The van der Waals surface area contributed by atoms with Crippen molar-refractivity contribution in [3.8, 4) is 5.75 Å². The van der Waals surface area contributed by atoms with Crippen LogP contribution in [-0.2, 0) is 14.4 Å². The van der Waals surface area contributed by atoms with E-state index in [0.717, 1.165) is 0 Å². The Kier molecular flexibility index (Phi) is 5.88. The van der Waals surface area contributed by atoms with E-state index in [1.165, 1.54) is 12.1 Å². The number of nitrogens with one attached hydrogen (secondary N) is 2. The number of hydrogen-bond acceptors (Lipinski definition) is 9. The monoisotopic (exact) mass is 515 g/mol. The maximum Gasteiger partial charge on any atom is 0.319 e. The smallest absolute Gasteiger partial charge is 0.319 e. The van der Waals surface area contributed by atoms with Gasteiger partial charge in [0.1, 0.15) is 22.8 Å². The molecule has 3 aliphatic carbocycles. The minimum atomic E-state index is -2.91. The quantitative estimate of drug-likeness (QED) is 0.207. The highest BCUT2D eigenvalue weighted by Gasteiger charge is 2.64. The third-order valence-corrected chi connectivity index (χ3v) is 7.24. The van der Waals surface area contributed by atoms with Crippen molar-refractivity contribution in [1.82, 2.24) is 5.32 Å². The van der Waals surface area contributed by atoms with E-state index in [-0.39, 0.29) is 11.3 Å². The minimum Gasteiger partial charge on any atom is -0.508 e. The lowest BCUT2D eigenvalue weighted by Gasteiger charge is -2.50. The van der Waals surface area contributed by atoms with Crippen LogP contribution in [0.25, 0.3) is 5.76 Å². The van der Waals surface area contributed by atoms with Crippen molar-refractivity contribution in [2.75, 3.05) is 5.32 Å². The molecule has 0 heterocycles. The third-order valence-electron chi connectivity index (χ3n) is 7.24. The molecule has 3 aliphatic rings. The zero-order valence-corrected chi connectivity index (χ0v) is 20.6. The summed E-state index contributed by atoms with van der Waals surface area (Å²) in [5.41, 5.74) is 0.265. The van der Waals surface area contributed by atoms with Gasteiger partial charge in [0.25, 0.3) is 5.91 Å². The number of phenols is 1. The second kappa shape index (κ2) is 8.32. The molecule has 0 spiro atoms. The van der Waals surface area contributed by atoms with Gasteiger partial charge in [-0.25, -0.2) is 4.79 Å². The summed E-state index contributed by atoms with van der Waals surface area (Å²) >= 11 is 0. The number of urea groups is 1. The fourth-order valence-corrected chi connectivity index (χ4v) is 5.59. The van der Waals surface area contributed by atoms with Gasteiger partial charge in [0, 0.05) is 29.4 Å². The molecule has 5 atom stereocenters. The van der Waals surface area contributed by atoms with Gasteiger partial charge in [-0.2, -0.15) is 0 Å². The maximum absolute atomic E-state index is 13.6. The summed E-state index contributed by atoms with van der Waals surface area (Å²) in [6, 6.07) is 2.27. The van der Waals surface area contributed by atoms with Crippen LogP contribution in [0.3, 0.4) is 0 Å². The Hall–Kier alpha value is -3.90. The zero-order chi connectivity index (χ0) is 27.8. The summed E-state index contributed by atoms with van der Waals surface area (Å²) in [5.74, 6) is -9.53. The number of anilines is 1. The fraction of sp³-hybridized carbons (Fsp3) is 0.440. The van der Waals surface area contributed by atoms with E-state index in [1.54, 1.807) is 27.7 Å². The number of benzene rings is 1. The van der Waals surface area contributed by atoms with Gasteiger partial charge in [-0.15, -0.1) is 0 Å². The number of Topliss-reactive ketones (excluding diaryl/α,β-unsaturated/α-hetero) is 2. The standard InChI is InChI=1S/C25H29N3O9/c1-8-9-5-6-11(27-23(36)28-24(2,3)4)18(31)14(9)19(32)16-13(8)17(30)10-7-12(29)15(22(26)35)20(33)25(10,37)21(16)34/h5-6,8,10,13,17,30-33,37H,7H2,1-4H3,(H2,26,35)(H2,27,28,36)/t8-,10+,13+,17+,25+/m0/s1. The van der Waals surface area contributed by atoms with E-state index in [2.05, 4.69) is 10.6 Å². The molecule has 198 valence electrons. The van der Waals surface area contributed by atoms with Crippen LogP contribution in [0, 0.1) is 11.8 Å². The van der Waals surface area contributed by atoms with Crippen molar-refractivity contribution in [2.24, 2.45) is 17.6 Å². The molecule has 1 aromatic carbocycles. The van der Waals surface area contributed by atoms with Gasteiger partial charge in [-0.05, 0) is 38.3 Å². The number of fused-ring (bicyclic) bond motifs is 3. The molecule has 1 aromatic rings. The summed E-state index contributed by atoms with van der Waals surface area (Å²) in [7, 11) is 0. The van der Waals surface area contributed by atoms with Crippen molar-refractivity contribution in [2.45, 2.75) is 57.3 Å². The van der Waals surface area contributed by atoms with Crippen LogP contribution in [0.2, 0.25) is 0 Å². The Morgan fingerprint density at radius 2 is 1.76 bits per heavy atom. The average molecular weight is 516 g/mol. The molecule has 37 heavy (non-hydrogen) atoms. The highest BCUT2D eigenvalue weighted by molar-refractivity contribution is 6.23. The number of hydrogen-bond donors (Lipinski definition) is 8. The van der Waals surface area contributed by atoms with Crippen molar-refractivity contribution in [1.29, 1.82) is 0 Å². The molecular formula is C25H29N3O9. The number of aliphatic hydroxyl groups is 4. The van der Waals surface area contributed by atoms with Crippen LogP contribution in [-0.4, -0.2) is 66.3 Å². The number of aromatic hydroxyl groups is 1. The highest BCUT2D eigenvalue weighted by atomic mass is 16.4. The molecule has 0 aromatic heterocycles. The zero-order valence-electron chi connectivity index (χ0n) is 20.6. The van der Waals surface area contributed by atoms with E-state index >= 15 is 0 Å². The fourth-order valence-electron chi connectivity index (χ4n) is 5.59. The first-order valence-corrected chi connectivity index (χ1v) is 11.6. The summed E-state index contributed by atoms with van der Waals surface area (Å²) in [4.78, 5) is 50.2. The molecule has 4 rings (SSSR count). The van der Waals surface area contributed by atoms with E-state index in [1.807, 2.05) is 0 Å². The van der Waals surface area contributed by atoms with Crippen LogP contribution < -0.4 is 16.4 Å². The van der Waals surface area contributed by atoms with Gasteiger partial charge in [-0.3, -0.25) is 14.4 Å². The second-order valence-corrected chi connectivity index (χ2v) is 10.7. The highest BCUT2D eigenvalue weighted by Crippen LogP contribution is 2.56. The molecule has 1 fully saturated rings. The second-order valence-electron chi connectivity index (χ2n) is 10.7. The van der Waals surface area contributed by atoms with Crippen molar-refractivity contribution >= 4 is 35.0 Å². The van der Waals surface area contributed by atoms with Gasteiger partial charge in [0.2, 0.25) is 5.78 Å². The van der Waals surface area contributed by atoms with Gasteiger partial charge in [-0.1, -0.05) is 13.0 Å². The van der Waals surface area contributed by atoms with Crippen molar-refractivity contribution < 1.29 is 44.7 Å². The number of aliphatic hydroxyl groups excluding tert-OH is 3. The maximum atomic E-state index is 13.6. The van der Waals surface area contributed by atoms with Crippen LogP contribution in [0.5, 0.6) is 5.75 Å². The number of amides is 3. The molecule has 12 heteroatoms. The summed E-state index contributed by atoms with van der Waals surface area (Å²) in [6.07, 6.45) is -2.26. The molecule has 0 saturated heterocycles. The SMILES string of the molecule is C[C@H]1c2ccc(NC(=O)NC(C)(C)C)c(O)c2C(O)=C2C(=O)[C@]3(O)C(O)=C(C(N)=O)C(=O)C[C@@H]3[C@@H](O)[C@@H]21. The van der Waals surface area contributed by atoms with Gasteiger partial charge in [0.15, 0.2) is 11.4 Å². The molecule has 3 amide bonds. The third kappa shape index (κ3) is 3.75. The number of rotatable bonds is 2. The molecule has 0 bridgehead atoms. The van der Waals surface area contributed by atoms with E-state index in [9.17, 15) is 44.7 Å². The Morgan fingerprint density at radius 1 is 1.14 bits per heavy atom. The Morgan fingerprint density at radius 3 is 2.32 bits per heavy atom. The molecule has 12 nitrogen and oxygen atoms in total. The number of carbonyl (C=O) groups excluding carboxylic acids is 4. The summed E-state index contributed by atoms with van der Waals surface area (Å²) in [6.45, 7) is 6.87. The topological polar surface area (TPSA) is 220 Å². The van der Waals surface area contributed by atoms with Gasteiger partial charge >= 0.3 is 6.03 Å². The first-order chi connectivity index (χ1) is 17.0. The summed E-state index contributed by atoms with van der Waals surface area (Å²) in [5, 5.41) is 60.5. The first-order valence-electron chi connectivity index (χ1n) is 11.6. The Bertz CT molecular complexity index is 1320. The summed E-state index contributed by atoms with van der Waals surface area (Å²) < 4.78 is 0. The molecule has 0 aliphatic heterocycles. The number of carbonyl (C=O) groups is 4. The molecule has 0 unspecified atom stereocenters. The van der Waals surface area contributed by atoms with E-state index < -0.39 is 93.3 Å². The number of nitrogens with two attached hydrogens (primary N) is 1. The predicted octanol–water partition coefficient (Wildman–Crippen LogP) is 0.876. The van der Waals surface area contributed by atoms with Crippen molar-refractivity contribution in [3.63, 3.8) is 0 Å². The van der Waals surface area contributed by atoms with Crippen LogP contribution in [0.15, 0.2) is 29.0 Å². The average Bonchev–Trinajstić information content (AvgIpc) is 2.76. The lowest BCUT2D eigenvalue weighted by molar-refractivity contribution is -0.160. The molecule has 0 radical (unpaired) electrons. The molecule has 1 saturated carbocycles. The van der Waals surface area contributed by atoms with E-state index in [4.69, 9.17) is 5.73 Å². The predicted molar refractivity (Wildman–Crippen MR) is 129 cm³/mol. The minimum absolute atomic E-state index is 0.0827. The first kappa shape index (κ1) is 26.2. The molecular weight excluding hydrogens is 486 g/mol. The van der Waals surface area contributed by atoms with Crippen LogP contribution in [0.4, 0.5) is 10.5 Å². The number of primary amides is 1. The van der Waals surface area contributed by atoms with Crippen LogP contribution in [0.1, 0.15) is 51.2 Å². The molecule has 9 N–H and O–H groups in total. The lowest BCUT2D eigenvalue weighted by Crippen LogP contribution is -2.63.